The molecule has 0 saturated heterocycles. The number of halogens is 2. The summed E-state index contributed by atoms with van der Waals surface area (Å²) >= 11 is 12.5. The van der Waals surface area contributed by atoms with Crippen molar-refractivity contribution < 1.29 is 9.53 Å². The first kappa shape index (κ1) is 20.4. The molecule has 8 heteroatoms. The standard InChI is InChI=1S/C18H23Cl2N3O3/c1-4-10-26-18(25)23-16(21)15(14-12(19)8-7-9-13(14)20)17(24)22(23)11(5-2)6-3/h7-9,11H,4-6,10,21H2,1-3H3. The van der Waals surface area contributed by atoms with E-state index in [2.05, 4.69) is 0 Å². The first-order valence-corrected chi connectivity index (χ1v) is 9.38. The van der Waals surface area contributed by atoms with E-state index in [-0.39, 0.29) is 34.1 Å². The minimum Gasteiger partial charge on any atom is -0.448 e. The Balaban J connectivity index is 2.80. The summed E-state index contributed by atoms with van der Waals surface area (Å²) in [6.07, 6.45) is 1.27. The van der Waals surface area contributed by atoms with Crippen LogP contribution in [0.3, 0.4) is 0 Å². The molecule has 0 spiro atoms. The zero-order chi connectivity index (χ0) is 19.4. The van der Waals surface area contributed by atoms with Crippen LogP contribution in [0.25, 0.3) is 11.1 Å². The maximum atomic E-state index is 13.2. The van der Waals surface area contributed by atoms with Gasteiger partial charge in [-0.3, -0.25) is 4.79 Å². The van der Waals surface area contributed by atoms with Gasteiger partial charge in [-0.15, -0.1) is 0 Å². The number of carbonyl (C=O) groups is 1. The summed E-state index contributed by atoms with van der Waals surface area (Å²) in [6.45, 7) is 5.99. The molecule has 0 saturated carbocycles. The molecule has 1 heterocycles. The molecule has 0 radical (unpaired) electrons. The van der Waals surface area contributed by atoms with Crippen molar-refractivity contribution in [3.05, 3.63) is 38.6 Å². The fraction of sp³-hybridized carbons (Fsp3) is 0.444. The fourth-order valence-corrected chi connectivity index (χ4v) is 3.50. The number of anilines is 1. The summed E-state index contributed by atoms with van der Waals surface area (Å²) in [5, 5.41) is 0.578. The second-order valence-corrected chi connectivity index (χ2v) is 6.72. The number of ether oxygens (including phenoxy) is 1. The van der Waals surface area contributed by atoms with E-state index in [4.69, 9.17) is 33.7 Å². The minimum atomic E-state index is -0.692. The van der Waals surface area contributed by atoms with Gasteiger partial charge in [0, 0.05) is 5.56 Å². The van der Waals surface area contributed by atoms with Gasteiger partial charge in [-0.25, -0.2) is 9.48 Å². The normalized spacial score (nSPS) is 11.2. The van der Waals surface area contributed by atoms with E-state index < -0.39 is 11.7 Å². The van der Waals surface area contributed by atoms with E-state index in [0.717, 1.165) is 4.68 Å². The molecule has 0 fully saturated rings. The van der Waals surface area contributed by atoms with Gasteiger partial charge >= 0.3 is 6.09 Å². The van der Waals surface area contributed by atoms with Gasteiger partial charge in [0.2, 0.25) is 0 Å². The van der Waals surface area contributed by atoms with E-state index in [9.17, 15) is 9.59 Å². The molecular weight excluding hydrogens is 377 g/mol. The van der Waals surface area contributed by atoms with Crippen LogP contribution in [-0.4, -0.2) is 22.1 Å². The Morgan fingerprint density at radius 1 is 1.15 bits per heavy atom. The van der Waals surface area contributed by atoms with E-state index in [1.54, 1.807) is 18.2 Å². The van der Waals surface area contributed by atoms with Crippen molar-refractivity contribution in [2.24, 2.45) is 0 Å². The number of nitrogens with zero attached hydrogens (tertiary/aromatic N) is 2. The van der Waals surface area contributed by atoms with Crippen LogP contribution in [0.4, 0.5) is 10.6 Å². The third kappa shape index (κ3) is 3.62. The van der Waals surface area contributed by atoms with Crippen LogP contribution in [0.2, 0.25) is 10.0 Å². The highest BCUT2D eigenvalue weighted by Crippen LogP contribution is 2.36. The lowest BCUT2D eigenvalue weighted by atomic mass is 10.1. The third-order valence-corrected chi connectivity index (χ3v) is 4.86. The van der Waals surface area contributed by atoms with Crippen molar-refractivity contribution in [3.8, 4) is 11.1 Å². The number of aromatic nitrogens is 2. The van der Waals surface area contributed by atoms with E-state index in [1.165, 1.54) is 4.68 Å². The van der Waals surface area contributed by atoms with Gasteiger partial charge in [0.25, 0.3) is 5.56 Å². The Hall–Kier alpha value is -1.92. The van der Waals surface area contributed by atoms with Crippen molar-refractivity contribution in [1.29, 1.82) is 0 Å². The number of rotatable bonds is 6. The molecule has 1 aromatic carbocycles. The monoisotopic (exact) mass is 399 g/mol. The van der Waals surface area contributed by atoms with Crippen LogP contribution in [0, 0.1) is 0 Å². The minimum absolute atomic E-state index is 0.0296. The molecule has 6 nitrogen and oxygen atoms in total. The summed E-state index contributed by atoms with van der Waals surface area (Å²) in [5.41, 5.74) is 6.23. The molecule has 0 aliphatic heterocycles. The molecule has 142 valence electrons. The number of nitrogen functional groups attached to an aromatic ring is 1. The Morgan fingerprint density at radius 3 is 2.23 bits per heavy atom. The predicted molar refractivity (Wildman–Crippen MR) is 105 cm³/mol. The van der Waals surface area contributed by atoms with Gasteiger partial charge in [-0.2, -0.15) is 4.68 Å². The van der Waals surface area contributed by atoms with Gasteiger partial charge in [-0.05, 0) is 31.4 Å². The first-order chi connectivity index (χ1) is 12.4. The summed E-state index contributed by atoms with van der Waals surface area (Å²) in [7, 11) is 0. The molecule has 0 aliphatic rings. The highest BCUT2D eigenvalue weighted by atomic mass is 35.5. The smallest absolute Gasteiger partial charge is 0.435 e. The molecule has 0 amide bonds. The summed E-state index contributed by atoms with van der Waals surface area (Å²) in [5.74, 6) is -0.0296. The summed E-state index contributed by atoms with van der Waals surface area (Å²) < 4.78 is 7.67. The molecule has 0 aliphatic carbocycles. The lowest BCUT2D eigenvalue weighted by molar-refractivity contribution is 0.137. The molecule has 0 bridgehead atoms. The highest BCUT2D eigenvalue weighted by Gasteiger charge is 2.29. The Morgan fingerprint density at radius 2 is 1.73 bits per heavy atom. The van der Waals surface area contributed by atoms with Crippen molar-refractivity contribution in [2.75, 3.05) is 12.3 Å². The maximum Gasteiger partial charge on any atom is 0.435 e. The van der Waals surface area contributed by atoms with E-state index in [1.807, 2.05) is 20.8 Å². The Kier molecular flexibility index (Phi) is 6.78. The zero-order valence-electron chi connectivity index (χ0n) is 15.1. The van der Waals surface area contributed by atoms with Crippen molar-refractivity contribution >= 4 is 35.1 Å². The van der Waals surface area contributed by atoms with Gasteiger partial charge in [0.05, 0.1) is 28.3 Å². The molecule has 2 N–H and O–H groups in total. The molecule has 0 unspecified atom stereocenters. The SMILES string of the molecule is CCCOC(=O)n1c(N)c(-c2c(Cl)cccc2Cl)c(=O)n1C(CC)CC. The van der Waals surface area contributed by atoms with Gasteiger partial charge in [0.15, 0.2) is 0 Å². The van der Waals surface area contributed by atoms with Gasteiger partial charge in [-0.1, -0.05) is 50.0 Å². The van der Waals surface area contributed by atoms with E-state index in [0.29, 0.717) is 24.8 Å². The Bertz CT molecular complexity index is 834. The van der Waals surface area contributed by atoms with Gasteiger partial charge < -0.3 is 10.5 Å². The van der Waals surface area contributed by atoms with Crippen molar-refractivity contribution in [2.45, 2.75) is 46.1 Å². The number of carbonyl (C=O) groups excluding carboxylic acids is 1. The number of hydrogen-bond acceptors (Lipinski definition) is 4. The molecule has 1 aromatic heterocycles. The lowest BCUT2D eigenvalue weighted by Gasteiger charge is -2.18. The number of nitrogens with two attached hydrogens (primary N) is 1. The highest BCUT2D eigenvalue weighted by molar-refractivity contribution is 6.39. The van der Waals surface area contributed by atoms with Crippen molar-refractivity contribution in [1.82, 2.24) is 9.36 Å². The fourth-order valence-electron chi connectivity index (χ4n) is 2.91. The van der Waals surface area contributed by atoms with Crippen LogP contribution in [0.1, 0.15) is 46.1 Å². The van der Waals surface area contributed by atoms with Crippen LogP contribution in [0.15, 0.2) is 23.0 Å². The van der Waals surface area contributed by atoms with Crippen LogP contribution >= 0.6 is 23.2 Å². The Labute approximate surface area is 162 Å². The van der Waals surface area contributed by atoms with Crippen LogP contribution < -0.4 is 11.3 Å². The number of benzene rings is 1. The second kappa shape index (κ2) is 8.64. The first-order valence-electron chi connectivity index (χ1n) is 8.63. The van der Waals surface area contributed by atoms with Crippen molar-refractivity contribution in [3.63, 3.8) is 0 Å². The zero-order valence-corrected chi connectivity index (χ0v) is 16.6. The maximum absolute atomic E-state index is 13.2. The molecule has 2 rings (SSSR count). The largest absolute Gasteiger partial charge is 0.448 e. The van der Waals surface area contributed by atoms with Gasteiger partial charge in [0.1, 0.15) is 5.82 Å². The average molecular weight is 400 g/mol. The van der Waals surface area contributed by atoms with Crippen LogP contribution in [0.5, 0.6) is 0 Å². The molecular formula is C18H23Cl2N3O3. The van der Waals surface area contributed by atoms with E-state index >= 15 is 0 Å². The molecule has 0 atom stereocenters. The predicted octanol–water partition coefficient (Wildman–Crippen LogP) is 4.96. The second-order valence-electron chi connectivity index (χ2n) is 5.90. The summed E-state index contributed by atoms with van der Waals surface area (Å²) in [4.78, 5) is 25.8. The lowest BCUT2D eigenvalue weighted by Crippen LogP contribution is -2.32. The average Bonchev–Trinajstić information content (AvgIpc) is 2.86. The quantitative estimate of drug-likeness (QED) is 0.743. The third-order valence-electron chi connectivity index (χ3n) is 4.23. The molecule has 26 heavy (non-hydrogen) atoms. The summed E-state index contributed by atoms with van der Waals surface area (Å²) in [6, 6.07) is 4.70. The number of hydrogen-bond donors (Lipinski definition) is 1. The van der Waals surface area contributed by atoms with Crippen LogP contribution in [-0.2, 0) is 4.74 Å². The topological polar surface area (TPSA) is 79.2 Å². The molecule has 2 aromatic rings.